The minimum Gasteiger partial charge on any atom is -0.330 e. The molecule has 1 aliphatic rings. The second-order valence-corrected chi connectivity index (χ2v) is 9.70. The highest BCUT2D eigenvalue weighted by molar-refractivity contribution is 9.10. The van der Waals surface area contributed by atoms with E-state index in [1.54, 1.807) is 41.3 Å². The maximum atomic E-state index is 13.0. The van der Waals surface area contributed by atoms with Gasteiger partial charge in [0.25, 0.3) is 5.91 Å². The third kappa shape index (κ3) is 4.63. The van der Waals surface area contributed by atoms with Crippen LogP contribution >= 0.6 is 27.5 Å². The van der Waals surface area contributed by atoms with Gasteiger partial charge < -0.3 is 4.90 Å². The fourth-order valence-corrected chi connectivity index (χ4v) is 5.05. The highest BCUT2D eigenvalue weighted by Gasteiger charge is 2.35. The first-order valence-corrected chi connectivity index (χ1v) is 10.8. The van der Waals surface area contributed by atoms with Crippen LogP contribution in [0.25, 0.3) is 0 Å². The van der Waals surface area contributed by atoms with Crippen LogP contribution in [-0.4, -0.2) is 36.8 Å². The van der Waals surface area contributed by atoms with Crippen molar-refractivity contribution in [2.45, 2.75) is 19.0 Å². The van der Waals surface area contributed by atoms with Crippen LogP contribution in [0.5, 0.6) is 0 Å². The minimum atomic E-state index is -3.08. The number of hydrogen-bond acceptors (Lipinski definition) is 3. The Morgan fingerprint density at radius 3 is 2.32 bits per heavy atom. The summed E-state index contributed by atoms with van der Waals surface area (Å²) in [5.41, 5.74) is 1.46. The van der Waals surface area contributed by atoms with E-state index in [1.807, 2.05) is 12.1 Å². The molecule has 0 radical (unpaired) electrons. The Morgan fingerprint density at radius 2 is 1.76 bits per heavy atom. The molecule has 0 bridgehead atoms. The molecule has 7 heteroatoms. The van der Waals surface area contributed by atoms with Crippen molar-refractivity contribution in [3.8, 4) is 0 Å². The van der Waals surface area contributed by atoms with Crippen molar-refractivity contribution in [3.05, 3.63) is 69.2 Å². The monoisotopic (exact) mass is 441 g/mol. The molecule has 2 aromatic carbocycles. The number of halogens is 2. The molecule has 2 aromatic rings. The summed E-state index contributed by atoms with van der Waals surface area (Å²) in [4.78, 5) is 14.7. The van der Waals surface area contributed by atoms with Gasteiger partial charge in [-0.15, -0.1) is 0 Å². The van der Waals surface area contributed by atoms with E-state index in [4.69, 9.17) is 11.6 Å². The van der Waals surface area contributed by atoms with E-state index in [0.717, 1.165) is 10.0 Å². The van der Waals surface area contributed by atoms with Crippen LogP contribution in [0.15, 0.2) is 53.0 Å². The lowest BCUT2D eigenvalue weighted by atomic mass is 10.1. The number of rotatable bonds is 4. The van der Waals surface area contributed by atoms with Crippen LogP contribution in [0.4, 0.5) is 0 Å². The summed E-state index contributed by atoms with van der Waals surface area (Å²) >= 11 is 9.28. The normalized spacial score (nSPS) is 18.9. The number of carbonyl (C=O) groups excluding carboxylic acids is 1. The van der Waals surface area contributed by atoms with E-state index in [-0.39, 0.29) is 23.5 Å². The zero-order valence-corrected chi connectivity index (χ0v) is 16.5. The van der Waals surface area contributed by atoms with Crippen LogP contribution in [0.1, 0.15) is 22.3 Å². The Bertz CT molecular complexity index is 866. The van der Waals surface area contributed by atoms with E-state index < -0.39 is 9.84 Å². The van der Waals surface area contributed by atoms with Crippen molar-refractivity contribution >= 4 is 43.3 Å². The van der Waals surface area contributed by atoms with Crippen LogP contribution in [0.2, 0.25) is 5.02 Å². The molecular weight excluding hydrogens is 426 g/mol. The van der Waals surface area contributed by atoms with Crippen molar-refractivity contribution < 1.29 is 13.2 Å². The van der Waals surface area contributed by atoms with Gasteiger partial charge in [-0.1, -0.05) is 39.7 Å². The SMILES string of the molecule is O=C(c1ccc(Br)cc1)N(Cc1ccc(Cl)cc1)C1CCS(=O)(=O)C1. The van der Waals surface area contributed by atoms with Gasteiger partial charge in [-0.2, -0.15) is 0 Å². The summed E-state index contributed by atoms with van der Waals surface area (Å²) in [5.74, 6) is -0.0183. The van der Waals surface area contributed by atoms with Gasteiger partial charge >= 0.3 is 0 Å². The zero-order valence-electron chi connectivity index (χ0n) is 13.4. The average molecular weight is 443 g/mol. The Morgan fingerprint density at radius 1 is 1.12 bits per heavy atom. The molecule has 1 aliphatic heterocycles. The second kappa shape index (κ2) is 7.48. The molecule has 132 valence electrons. The molecule has 1 heterocycles. The maximum absolute atomic E-state index is 13.0. The summed E-state index contributed by atoms with van der Waals surface area (Å²) in [6, 6.07) is 14.0. The molecule has 25 heavy (non-hydrogen) atoms. The van der Waals surface area contributed by atoms with Gasteiger partial charge in [0.2, 0.25) is 0 Å². The first-order valence-electron chi connectivity index (χ1n) is 7.85. The summed E-state index contributed by atoms with van der Waals surface area (Å²) in [6.45, 7) is 0.353. The van der Waals surface area contributed by atoms with Crippen LogP contribution in [-0.2, 0) is 16.4 Å². The fraction of sp³-hybridized carbons (Fsp3) is 0.278. The molecule has 0 aliphatic carbocycles. The van der Waals surface area contributed by atoms with Gasteiger partial charge in [-0.05, 0) is 48.4 Å². The minimum absolute atomic E-state index is 0.0167. The molecule has 0 N–H and O–H groups in total. The fourth-order valence-electron chi connectivity index (χ4n) is 2.93. The van der Waals surface area contributed by atoms with Crippen molar-refractivity contribution in [2.75, 3.05) is 11.5 Å². The van der Waals surface area contributed by atoms with E-state index in [9.17, 15) is 13.2 Å². The standard InChI is InChI=1S/C18H17BrClNO3S/c19-15-5-3-14(4-6-15)18(22)21(17-9-10-25(23,24)12-17)11-13-1-7-16(20)8-2-13/h1-8,17H,9-12H2. The van der Waals surface area contributed by atoms with E-state index in [1.165, 1.54) is 0 Å². The van der Waals surface area contributed by atoms with Gasteiger partial charge in [-0.3, -0.25) is 4.79 Å². The lowest BCUT2D eigenvalue weighted by molar-refractivity contribution is 0.0681. The summed E-state index contributed by atoms with van der Waals surface area (Å²) in [5, 5.41) is 0.623. The third-order valence-electron chi connectivity index (χ3n) is 4.27. The van der Waals surface area contributed by atoms with Crippen molar-refractivity contribution in [3.63, 3.8) is 0 Å². The van der Waals surface area contributed by atoms with Gasteiger partial charge in [-0.25, -0.2) is 8.42 Å². The summed E-state index contributed by atoms with van der Waals surface area (Å²) in [6.07, 6.45) is 0.470. The summed E-state index contributed by atoms with van der Waals surface area (Å²) in [7, 11) is -3.08. The van der Waals surface area contributed by atoms with Crippen LogP contribution < -0.4 is 0 Å². The Hall–Kier alpha value is -1.37. The number of carbonyl (C=O) groups is 1. The molecule has 1 unspecified atom stereocenters. The summed E-state index contributed by atoms with van der Waals surface area (Å²) < 4.78 is 24.7. The van der Waals surface area contributed by atoms with Gasteiger partial charge in [0.15, 0.2) is 9.84 Å². The van der Waals surface area contributed by atoms with Gasteiger partial charge in [0.1, 0.15) is 0 Å². The first-order chi connectivity index (χ1) is 11.8. The molecule has 4 nitrogen and oxygen atoms in total. The lowest BCUT2D eigenvalue weighted by Gasteiger charge is -2.28. The maximum Gasteiger partial charge on any atom is 0.254 e. The molecule has 1 amide bonds. The Labute approximate surface area is 160 Å². The number of amides is 1. The molecule has 0 saturated carbocycles. The Balaban J connectivity index is 1.89. The molecule has 0 spiro atoms. The lowest BCUT2D eigenvalue weighted by Crippen LogP contribution is -2.40. The van der Waals surface area contributed by atoms with Crippen LogP contribution in [0.3, 0.4) is 0 Å². The van der Waals surface area contributed by atoms with Gasteiger partial charge in [0.05, 0.1) is 11.5 Å². The van der Waals surface area contributed by atoms with Gasteiger partial charge in [0, 0.05) is 27.6 Å². The quantitative estimate of drug-likeness (QED) is 0.721. The third-order valence-corrected chi connectivity index (χ3v) is 6.80. The molecular formula is C18H17BrClNO3S. The van der Waals surface area contributed by atoms with E-state index in [2.05, 4.69) is 15.9 Å². The highest BCUT2D eigenvalue weighted by Crippen LogP contribution is 2.23. The molecule has 1 saturated heterocycles. The predicted octanol–water partition coefficient (Wildman–Crippen LogP) is 3.93. The van der Waals surface area contributed by atoms with E-state index in [0.29, 0.717) is 23.6 Å². The van der Waals surface area contributed by atoms with Crippen LogP contribution in [0, 0.1) is 0 Å². The number of hydrogen-bond donors (Lipinski definition) is 0. The molecule has 1 atom stereocenters. The Kier molecular flexibility index (Phi) is 5.51. The topological polar surface area (TPSA) is 54.5 Å². The zero-order chi connectivity index (χ0) is 18.0. The average Bonchev–Trinajstić information content (AvgIpc) is 2.94. The smallest absolute Gasteiger partial charge is 0.254 e. The predicted molar refractivity (Wildman–Crippen MR) is 103 cm³/mol. The number of nitrogens with zero attached hydrogens (tertiary/aromatic N) is 1. The molecule has 0 aromatic heterocycles. The second-order valence-electron chi connectivity index (χ2n) is 6.12. The van der Waals surface area contributed by atoms with Crippen molar-refractivity contribution in [1.82, 2.24) is 4.90 Å². The van der Waals surface area contributed by atoms with E-state index >= 15 is 0 Å². The van der Waals surface area contributed by atoms with Crippen molar-refractivity contribution in [1.29, 1.82) is 0 Å². The molecule has 3 rings (SSSR count). The largest absolute Gasteiger partial charge is 0.330 e. The highest BCUT2D eigenvalue weighted by atomic mass is 79.9. The molecule has 1 fully saturated rings. The number of benzene rings is 2. The number of sulfone groups is 1. The first kappa shape index (κ1) is 18.4. The van der Waals surface area contributed by atoms with Crippen molar-refractivity contribution in [2.24, 2.45) is 0 Å².